The summed E-state index contributed by atoms with van der Waals surface area (Å²) in [6, 6.07) is 15.8. The number of morpholine rings is 1. The van der Waals surface area contributed by atoms with Crippen LogP contribution in [-0.4, -0.2) is 64.1 Å². The highest BCUT2D eigenvalue weighted by Gasteiger charge is 2.26. The van der Waals surface area contributed by atoms with Crippen LogP contribution in [0.25, 0.3) is 0 Å². The molecule has 162 valence electrons. The Hall–Kier alpha value is -3.26. The van der Waals surface area contributed by atoms with Gasteiger partial charge in [0.25, 0.3) is 5.91 Å². The number of para-hydroxylation sites is 1. The molecular formula is C21H21N3O6S. The number of hydrogen-bond donors (Lipinski definition) is 0. The molecule has 0 aromatic heterocycles. The number of carbonyl (C=O) groups is 2. The van der Waals surface area contributed by atoms with E-state index in [2.05, 4.69) is 0 Å². The minimum atomic E-state index is -3.67. The molecule has 0 aliphatic carbocycles. The van der Waals surface area contributed by atoms with Gasteiger partial charge in [-0.2, -0.15) is 9.57 Å². The Balaban J connectivity index is 1.63. The van der Waals surface area contributed by atoms with Gasteiger partial charge in [0.1, 0.15) is 6.54 Å². The Morgan fingerprint density at radius 3 is 2.32 bits per heavy atom. The minimum Gasteiger partial charge on any atom is -0.452 e. The lowest BCUT2D eigenvalue weighted by atomic mass is 10.2. The van der Waals surface area contributed by atoms with Crippen LogP contribution >= 0.6 is 0 Å². The van der Waals surface area contributed by atoms with Crippen molar-refractivity contribution in [1.29, 1.82) is 5.26 Å². The number of sulfonamides is 1. The summed E-state index contributed by atoms with van der Waals surface area (Å²) in [6.07, 6.45) is 0. The van der Waals surface area contributed by atoms with Crippen molar-refractivity contribution >= 4 is 27.6 Å². The molecule has 0 unspecified atom stereocenters. The van der Waals surface area contributed by atoms with Crippen LogP contribution in [0.1, 0.15) is 10.4 Å². The summed E-state index contributed by atoms with van der Waals surface area (Å²) in [4.78, 5) is 26.0. The first-order chi connectivity index (χ1) is 14.9. The molecule has 9 nitrogen and oxygen atoms in total. The summed E-state index contributed by atoms with van der Waals surface area (Å²) in [5, 5.41) is 8.98. The second kappa shape index (κ2) is 10.2. The number of carbonyl (C=O) groups excluding carboxylic acids is 2. The SMILES string of the molecule is N#CCN(C(=O)COC(=O)c1ccc(S(=O)(=O)N2CCOCC2)cc1)c1ccccc1. The molecule has 1 aliphatic heterocycles. The van der Waals surface area contributed by atoms with E-state index < -0.39 is 28.5 Å². The van der Waals surface area contributed by atoms with Gasteiger partial charge in [0, 0.05) is 18.8 Å². The van der Waals surface area contributed by atoms with Crippen LogP contribution in [0.15, 0.2) is 59.5 Å². The molecule has 0 bridgehead atoms. The lowest BCUT2D eigenvalue weighted by Crippen LogP contribution is -2.40. The van der Waals surface area contributed by atoms with Gasteiger partial charge in [0.15, 0.2) is 6.61 Å². The van der Waals surface area contributed by atoms with E-state index in [9.17, 15) is 18.0 Å². The molecule has 0 atom stereocenters. The van der Waals surface area contributed by atoms with Crippen LogP contribution in [0.3, 0.4) is 0 Å². The maximum absolute atomic E-state index is 12.6. The van der Waals surface area contributed by atoms with Gasteiger partial charge in [-0.05, 0) is 36.4 Å². The number of anilines is 1. The van der Waals surface area contributed by atoms with E-state index in [0.29, 0.717) is 18.9 Å². The average molecular weight is 443 g/mol. The van der Waals surface area contributed by atoms with Gasteiger partial charge >= 0.3 is 5.97 Å². The number of nitrogens with zero attached hydrogens (tertiary/aromatic N) is 3. The van der Waals surface area contributed by atoms with E-state index in [1.54, 1.807) is 30.3 Å². The smallest absolute Gasteiger partial charge is 0.338 e. The van der Waals surface area contributed by atoms with Gasteiger partial charge in [-0.3, -0.25) is 9.69 Å². The highest BCUT2D eigenvalue weighted by molar-refractivity contribution is 7.89. The van der Waals surface area contributed by atoms with Crippen LogP contribution < -0.4 is 4.90 Å². The predicted octanol–water partition coefficient (Wildman–Crippen LogP) is 1.42. The van der Waals surface area contributed by atoms with Crippen LogP contribution in [0.2, 0.25) is 0 Å². The van der Waals surface area contributed by atoms with Crippen LogP contribution in [0, 0.1) is 11.3 Å². The van der Waals surface area contributed by atoms with Gasteiger partial charge in [0.2, 0.25) is 10.0 Å². The molecule has 0 N–H and O–H groups in total. The summed E-state index contributed by atoms with van der Waals surface area (Å²) in [5.41, 5.74) is 0.628. The summed E-state index contributed by atoms with van der Waals surface area (Å²) < 4.78 is 36.8. The standard InChI is InChI=1S/C21H21N3O6S/c22-10-11-24(18-4-2-1-3-5-18)20(25)16-30-21(26)17-6-8-19(9-7-17)31(27,28)23-12-14-29-15-13-23/h1-9H,11-16H2. The van der Waals surface area contributed by atoms with Crippen molar-refractivity contribution in [2.75, 3.05) is 44.4 Å². The van der Waals surface area contributed by atoms with E-state index in [1.165, 1.54) is 33.5 Å². The number of rotatable bonds is 7. The van der Waals surface area contributed by atoms with Crippen LogP contribution in [0.5, 0.6) is 0 Å². The number of benzene rings is 2. The van der Waals surface area contributed by atoms with Crippen LogP contribution in [0.4, 0.5) is 5.69 Å². The minimum absolute atomic E-state index is 0.0614. The lowest BCUT2D eigenvalue weighted by Gasteiger charge is -2.26. The topological polar surface area (TPSA) is 117 Å². The third-order valence-electron chi connectivity index (χ3n) is 4.62. The van der Waals surface area contributed by atoms with Gasteiger partial charge in [-0.1, -0.05) is 18.2 Å². The fourth-order valence-electron chi connectivity index (χ4n) is 2.99. The number of esters is 1. The van der Waals surface area contributed by atoms with E-state index in [0.717, 1.165) is 0 Å². The van der Waals surface area contributed by atoms with Crippen molar-refractivity contribution < 1.29 is 27.5 Å². The van der Waals surface area contributed by atoms with Gasteiger partial charge in [-0.15, -0.1) is 0 Å². The van der Waals surface area contributed by atoms with Gasteiger partial charge in [-0.25, -0.2) is 13.2 Å². The predicted molar refractivity (Wildman–Crippen MR) is 111 cm³/mol. The zero-order valence-corrected chi connectivity index (χ0v) is 17.5. The van der Waals surface area contributed by atoms with Gasteiger partial charge in [0.05, 0.1) is 29.7 Å². The fraction of sp³-hybridized carbons (Fsp3) is 0.286. The molecule has 3 rings (SSSR count). The number of amides is 1. The summed E-state index contributed by atoms with van der Waals surface area (Å²) in [6.45, 7) is 0.481. The Labute approximate surface area is 180 Å². The highest BCUT2D eigenvalue weighted by atomic mass is 32.2. The third-order valence-corrected chi connectivity index (χ3v) is 6.54. The zero-order valence-electron chi connectivity index (χ0n) is 16.6. The third kappa shape index (κ3) is 5.46. The molecule has 2 aromatic rings. The molecule has 1 saturated heterocycles. The number of nitriles is 1. The second-order valence-electron chi connectivity index (χ2n) is 6.59. The normalized spacial score (nSPS) is 14.4. The molecule has 1 aliphatic rings. The molecule has 10 heteroatoms. The average Bonchev–Trinajstić information content (AvgIpc) is 2.82. The second-order valence-corrected chi connectivity index (χ2v) is 8.53. The Bertz CT molecular complexity index is 1060. The van der Waals surface area contributed by atoms with Crippen LogP contribution in [-0.2, 0) is 24.3 Å². The molecule has 1 amide bonds. The van der Waals surface area contributed by atoms with E-state index in [-0.39, 0.29) is 30.1 Å². The molecule has 1 fully saturated rings. The van der Waals surface area contributed by atoms with Crippen molar-refractivity contribution in [3.05, 3.63) is 60.2 Å². The first-order valence-corrected chi connectivity index (χ1v) is 10.9. The van der Waals surface area contributed by atoms with E-state index in [4.69, 9.17) is 14.7 Å². The van der Waals surface area contributed by atoms with Gasteiger partial charge < -0.3 is 9.47 Å². The lowest BCUT2D eigenvalue weighted by molar-refractivity contribution is -0.121. The Morgan fingerprint density at radius 2 is 1.71 bits per heavy atom. The Kier molecular flexibility index (Phi) is 7.36. The zero-order chi connectivity index (χ0) is 22.3. The largest absolute Gasteiger partial charge is 0.452 e. The van der Waals surface area contributed by atoms with Crippen molar-refractivity contribution in [1.82, 2.24) is 4.31 Å². The number of ether oxygens (including phenoxy) is 2. The highest BCUT2D eigenvalue weighted by Crippen LogP contribution is 2.18. The maximum atomic E-state index is 12.6. The summed E-state index contributed by atoms with van der Waals surface area (Å²) in [7, 11) is -3.67. The molecule has 1 heterocycles. The molecule has 0 spiro atoms. The van der Waals surface area contributed by atoms with Crippen molar-refractivity contribution in [2.45, 2.75) is 4.90 Å². The fourth-order valence-corrected chi connectivity index (χ4v) is 4.40. The van der Waals surface area contributed by atoms with E-state index in [1.807, 2.05) is 6.07 Å². The molecule has 0 saturated carbocycles. The van der Waals surface area contributed by atoms with Crippen molar-refractivity contribution in [2.24, 2.45) is 0 Å². The quantitative estimate of drug-likeness (QED) is 0.469. The Morgan fingerprint density at radius 1 is 1.06 bits per heavy atom. The first-order valence-electron chi connectivity index (χ1n) is 9.51. The maximum Gasteiger partial charge on any atom is 0.338 e. The van der Waals surface area contributed by atoms with Crippen molar-refractivity contribution in [3.8, 4) is 6.07 Å². The molecule has 2 aromatic carbocycles. The van der Waals surface area contributed by atoms with Crippen molar-refractivity contribution in [3.63, 3.8) is 0 Å². The molecule has 31 heavy (non-hydrogen) atoms. The van der Waals surface area contributed by atoms with E-state index >= 15 is 0 Å². The molecular weight excluding hydrogens is 422 g/mol. The first kappa shape index (κ1) is 22.4. The monoisotopic (exact) mass is 443 g/mol. The molecule has 0 radical (unpaired) electrons. The summed E-state index contributed by atoms with van der Waals surface area (Å²) >= 11 is 0. The summed E-state index contributed by atoms with van der Waals surface area (Å²) in [5.74, 6) is -1.32. The number of hydrogen-bond acceptors (Lipinski definition) is 7.